The lowest BCUT2D eigenvalue weighted by atomic mass is 9.98. The van der Waals surface area contributed by atoms with Gasteiger partial charge in [0.05, 0.1) is 18.1 Å². The van der Waals surface area contributed by atoms with Crippen molar-refractivity contribution in [1.82, 2.24) is 0 Å². The zero-order valence-corrected chi connectivity index (χ0v) is 26.1. The van der Waals surface area contributed by atoms with Crippen LogP contribution in [-0.4, -0.2) is 72.3 Å². The Morgan fingerprint density at radius 2 is 1.38 bits per heavy atom. The topological polar surface area (TPSA) is 174 Å². The Morgan fingerprint density at radius 3 is 2.00 bits per heavy atom. The fourth-order valence-electron chi connectivity index (χ4n) is 4.91. The molecule has 0 spiro atoms. The first kappa shape index (κ1) is 34.4. The first-order valence-corrected chi connectivity index (χ1v) is 14.5. The van der Waals surface area contributed by atoms with Crippen molar-refractivity contribution < 1.29 is 61.9 Å². The molecule has 0 radical (unpaired) electrons. The summed E-state index contributed by atoms with van der Waals surface area (Å²) in [4.78, 5) is 58.8. The summed E-state index contributed by atoms with van der Waals surface area (Å²) in [5, 5.41) is 9.36. The molecule has 1 fully saturated rings. The van der Waals surface area contributed by atoms with Crippen molar-refractivity contribution in [3.63, 3.8) is 0 Å². The number of ether oxygens (including phenoxy) is 6. The lowest BCUT2D eigenvalue weighted by Gasteiger charge is -2.43. The van der Waals surface area contributed by atoms with E-state index in [0.717, 1.165) is 31.9 Å². The monoisotopic (exact) mass is 650 g/mol. The van der Waals surface area contributed by atoms with Gasteiger partial charge in [-0.05, 0) is 23.3 Å². The van der Waals surface area contributed by atoms with Crippen molar-refractivity contribution in [2.24, 2.45) is 0 Å². The number of carboxylic acids is 1. The summed E-state index contributed by atoms with van der Waals surface area (Å²) < 4.78 is 39.7. The molecule has 4 rings (SSSR count). The van der Waals surface area contributed by atoms with Gasteiger partial charge in [0.15, 0.2) is 12.2 Å². The summed E-state index contributed by atoms with van der Waals surface area (Å²) in [7, 11) is 0. The minimum Gasteiger partial charge on any atom is -0.481 e. The largest absolute Gasteiger partial charge is 0.481 e. The van der Waals surface area contributed by atoms with E-state index in [1.54, 1.807) is 36.4 Å². The average molecular weight is 651 g/mol. The van der Waals surface area contributed by atoms with Crippen molar-refractivity contribution in [2.75, 3.05) is 6.61 Å². The van der Waals surface area contributed by atoms with Gasteiger partial charge >= 0.3 is 29.8 Å². The van der Waals surface area contributed by atoms with Gasteiger partial charge in [-0.25, -0.2) is 0 Å². The van der Waals surface area contributed by atoms with Gasteiger partial charge in [-0.3, -0.25) is 24.0 Å². The molecule has 1 saturated heterocycles. The van der Waals surface area contributed by atoms with Crippen molar-refractivity contribution in [3.05, 3.63) is 71.5 Å². The van der Waals surface area contributed by atoms with Crippen molar-refractivity contribution in [3.8, 4) is 5.75 Å². The van der Waals surface area contributed by atoms with Crippen LogP contribution in [-0.2, 0) is 47.7 Å². The lowest BCUT2D eigenvalue weighted by molar-refractivity contribution is -0.288. The molecule has 0 saturated carbocycles. The number of hydrogen-bond acceptors (Lipinski definition) is 12. The molecule has 0 aliphatic carbocycles. The number of furan rings is 1. The molecule has 13 heteroatoms. The third kappa shape index (κ3) is 9.53. The van der Waals surface area contributed by atoms with Gasteiger partial charge in [-0.2, -0.15) is 0 Å². The van der Waals surface area contributed by atoms with Crippen LogP contribution in [0.4, 0.5) is 0 Å². The van der Waals surface area contributed by atoms with Gasteiger partial charge in [0.25, 0.3) is 0 Å². The number of carbonyl (C=O) groups excluding carboxylic acids is 4. The van der Waals surface area contributed by atoms with Gasteiger partial charge in [0.2, 0.25) is 12.4 Å². The van der Waals surface area contributed by atoms with Crippen LogP contribution in [0.3, 0.4) is 0 Å². The highest BCUT2D eigenvalue weighted by Gasteiger charge is 2.53. The predicted molar refractivity (Wildman–Crippen MR) is 165 cm³/mol. The zero-order valence-electron chi connectivity index (χ0n) is 26.1. The highest BCUT2D eigenvalue weighted by Crippen LogP contribution is 2.36. The first-order valence-electron chi connectivity index (χ1n) is 14.5. The van der Waals surface area contributed by atoms with E-state index < -0.39 is 67.2 Å². The molecular weight excluding hydrogens is 616 g/mol. The maximum Gasteiger partial charge on any atom is 0.307 e. The van der Waals surface area contributed by atoms with Crippen LogP contribution >= 0.6 is 0 Å². The molecule has 0 unspecified atom stereocenters. The van der Waals surface area contributed by atoms with Crippen molar-refractivity contribution in [2.45, 2.75) is 64.8 Å². The van der Waals surface area contributed by atoms with E-state index in [9.17, 15) is 24.0 Å². The highest BCUT2D eigenvalue weighted by atomic mass is 16.7. The van der Waals surface area contributed by atoms with Crippen LogP contribution in [0.2, 0.25) is 0 Å². The van der Waals surface area contributed by atoms with Crippen LogP contribution in [0.25, 0.3) is 29.2 Å². The Bertz CT molecular complexity index is 1670. The number of hydrogen-bond donors (Lipinski definition) is 1. The molecule has 1 aliphatic heterocycles. The van der Waals surface area contributed by atoms with Crippen LogP contribution in [0.15, 0.2) is 59.2 Å². The van der Waals surface area contributed by atoms with E-state index in [2.05, 4.69) is 0 Å². The van der Waals surface area contributed by atoms with Gasteiger partial charge in [0.1, 0.15) is 24.0 Å². The summed E-state index contributed by atoms with van der Waals surface area (Å²) in [5.74, 6) is -3.54. The van der Waals surface area contributed by atoms with E-state index in [1.165, 1.54) is 13.2 Å². The SMILES string of the molecule is CC(=O)OC[C@H]1O[C@@H](Oc2cccc3occ(/C=C/c4ccc(/C=C/CC(=O)O)cc4)c23)[C@H](OC(C)=O)[C@@H](OC(C)=O)[C@@H]1OC(C)=O. The van der Waals surface area contributed by atoms with E-state index in [1.807, 2.05) is 30.3 Å². The second-order valence-electron chi connectivity index (χ2n) is 10.5. The number of aliphatic carboxylic acids is 1. The zero-order chi connectivity index (χ0) is 34.1. The number of benzene rings is 2. The molecule has 1 aliphatic rings. The van der Waals surface area contributed by atoms with E-state index in [-0.39, 0.29) is 12.2 Å². The molecular formula is C34H34O13. The minimum atomic E-state index is -1.42. The molecule has 5 atom stereocenters. The molecule has 13 nitrogen and oxygen atoms in total. The minimum absolute atomic E-state index is 0.0722. The fourth-order valence-corrected chi connectivity index (χ4v) is 4.91. The summed E-state index contributed by atoms with van der Waals surface area (Å²) in [6.07, 6.45) is 1.71. The van der Waals surface area contributed by atoms with E-state index in [4.69, 9.17) is 37.9 Å². The van der Waals surface area contributed by atoms with Crippen LogP contribution < -0.4 is 4.74 Å². The average Bonchev–Trinajstić information content (AvgIpc) is 3.42. The molecule has 0 amide bonds. The molecule has 47 heavy (non-hydrogen) atoms. The normalized spacial score (nSPS) is 21.0. The standard InChI is InChI=1S/C34H34O13/c1-19(35)41-18-28-31(43-20(2)36)32(44-21(3)37)33(45-22(4)38)34(47-28)46-27-9-6-8-26-30(27)25(17-42-26)16-15-24-13-11-23(12-14-24)7-5-10-29(39)40/h5-9,11-17,28,31-34H,10,18H2,1-4H3,(H,39,40)/b7-5+,16-15+/t28-,31-,32+,33-,34-/m1/s1. The number of carboxylic acid groups (broad SMARTS) is 1. The van der Waals surface area contributed by atoms with Gasteiger partial charge in [0, 0.05) is 33.3 Å². The Morgan fingerprint density at radius 1 is 0.766 bits per heavy atom. The molecule has 2 heterocycles. The molecule has 1 aromatic heterocycles. The Kier molecular flexibility index (Phi) is 11.5. The fraction of sp³-hybridized carbons (Fsp3) is 0.324. The molecule has 3 aromatic rings. The first-order chi connectivity index (χ1) is 22.4. The van der Waals surface area contributed by atoms with Gasteiger partial charge in [-0.1, -0.05) is 54.6 Å². The molecule has 2 aromatic carbocycles. The maximum atomic E-state index is 12.2. The second kappa shape index (κ2) is 15.7. The van der Waals surface area contributed by atoms with Gasteiger partial charge in [-0.15, -0.1) is 0 Å². The van der Waals surface area contributed by atoms with E-state index >= 15 is 0 Å². The maximum absolute atomic E-state index is 12.2. The predicted octanol–water partition coefficient (Wildman–Crippen LogP) is 4.55. The highest BCUT2D eigenvalue weighted by molar-refractivity contribution is 5.94. The molecule has 1 N–H and O–H groups in total. The van der Waals surface area contributed by atoms with E-state index in [0.29, 0.717) is 16.5 Å². The quantitative estimate of drug-likeness (QED) is 0.214. The smallest absolute Gasteiger partial charge is 0.307 e. The second-order valence-corrected chi connectivity index (χ2v) is 10.5. The summed E-state index contributed by atoms with van der Waals surface area (Å²) in [5.41, 5.74) is 2.80. The third-order valence-corrected chi connectivity index (χ3v) is 6.78. The third-order valence-electron chi connectivity index (χ3n) is 6.78. The number of esters is 4. The lowest BCUT2D eigenvalue weighted by Crippen LogP contribution is -2.63. The number of rotatable bonds is 12. The number of fused-ring (bicyclic) bond motifs is 1. The van der Waals surface area contributed by atoms with Gasteiger partial charge < -0.3 is 37.9 Å². The summed E-state index contributed by atoms with van der Waals surface area (Å²) >= 11 is 0. The number of carbonyl (C=O) groups is 5. The summed E-state index contributed by atoms with van der Waals surface area (Å²) in [6, 6.07) is 12.5. The van der Waals surface area contributed by atoms with Crippen LogP contribution in [0.1, 0.15) is 50.8 Å². The Hall–Kier alpha value is -5.43. The van der Waals surface area contributed by atoms with Crippen molar-refractivity contribution in [1.29, 1.82) is 0 Å². The van der Waals surface area contributed by atoms with Crippen molar-refractivity contribution >= 4 is 59.0 Å². The Labute approximate surface area is 269 Å². The van der Waals surface area contributed by atoms with Crippen LogP contribution in [0, 0.1) is 0 Å². The van der Waals surface area contributed by atoms with Crippen LogP contribution in [0.5, 0.6) is 5.75 Å². The summed E-state index contributed by atoms with van der Waals surface area (Å²) in [6.45, 7) is 4.21. The molecule has 248 valence electrons. The Balaban J connectivity index is 1.67. The molecule has 0 bridgehead atoms.